The van der Waals surface area contributed by atoms with Crippen LogP contribution in [0, 0.1) is 5.41 Å². The first-order valence-corrected chi connectivity index (χ1v) is 11.0. The average molecular weight is 419 g/mol. The highest BCUT2D eigenvalue weighted by molar-refractivity contribution is 7.07. The number of hydrogen-bond donors (Lipinski definition) is 0. The van der Waals surface area contributed by atoms with Gasteiger partial charge in [-0.25, -0.2) is 0 Å². The molecule has 0 radical (unpaired) electrons. The Morgan fingerprint density at radius 3 is 2.47 bits per heavy atom. The van der Waals surface area contributed by atoms with Gasteiger partial charge in [0.25, 0.3) is 5.56 Å². The zero-order valence-electron chi connectivity index (χ0n) is 18.0. The Hall–Kier alpha value is -2.92. The molecule has 0 amide bonds. The number of Topliss-reactive ketones (excluding diaryl/α,β-unsaturated/α-hetero) is 1. The van der Waals surface area contributed by atoms with Crippen LogP contribution in [0.3, 0.4) is 0 Å². The summed E-state index contributed by atoms with van der Waals surface area (Å²) >= 11 is 1.36. The third kappa shape index (κ3) is 3.43. The molecule has 2 aromatic heterocycles. The lowest BCUT2D eigenvalue weighted by Crippen LogP contribution is -2.30. The highest BCUT2D eigenvalue weighted by Gasteiger charge is 2.19. The minimum Gasteiger partial charge on any atom is -0.341 e. The molecule has 5 heteroatoms. The second-order valence-corrected chi connectivity index (χ2v) is 9.67. The lowest BCUT2D eigenvalue weighted by molar-refractivity contribution is -0.120. The molecule has 0 bridgehead atoms. The second kappa shape index (κ2) is 7.40. The van der Waals surface area contributed by atoms with Crippen molar-refractivity contribution >= 4 is 51.1 Å². The number of benzene rings is 2. The number of ketones is 1. The SMILES string of the molecule is CCn1c2ccccc2c2cc(/C=c3\s/c(=C\C(=O)C(C)(C)C)n(C)c3=O)ccc21. The Bertz CT molecular complexity index is 1460. The molecule has 2 heterocycles. The number of carbonyl (C=O) groups is 1. The second-order valence-electron chi connectivity index (χ2n) is 8.61. The van der Waals surface area contributed by atoms with Crippen molar-refractivity contribution < 1.29 is 4.79 Å². The van der Waals surface area contributed by atoms with Crippen molar-refractivity contribution in [3.63, 3.8) is 0 Å². The van der Waals surface area contributed by atoms with Gasteiger partial charge in [0.15, 0.2) is 5.78 Å². The first kappa shape index (κ1) is 20.4. The monoisotopic (exact) mass is 418 g/mol. The number of thiazole rings is 1. The highest BCUT2D eigenvalue weighted by atomic mass is 32.1. The van der Waals surface area contributed by atoms with E-state index in [1.54, 1.807) is 17.7 Å². The number of fused-ring (bicyclic) bond motifs is 3. The van der Waals surface area contributed by atoms with Gasteiger partial charge >= 0.3 is 0 Å². The van der Waals surface area contributed by atoms with Gasteiger partial charge in [0.1, 0.15) is 4.66 Å². The van der Waals surface area contributed by atoms with Crippen LogP contribution in [0.4, 0.5) is 0 Å². The van der Waals surface area contributed by atoms with Crippen LogP contribution in [-0.2, 0) is 18.4 Å². The van der Waals surface area contributed by atoms with Gasteiger partial charge < -0.3 is 9.13 Å². The van der Waals surface area contributed by atoms with Crippen molar-refractivity contribution in [2.24, 2.45) is 12.5 Å². The van der Waals surface area contributed by atoms with Crippen LogP contribution in [0.25, 0.3) is 34.0 Å². The van der Waals surface area contributed by atoms with E-state index < -0.39 is 5.41 Å². The van der Waals surface area contributed by atoms with E-state index in [1.807, 2.05) is 26.8 Å². The van der Waals surface area contributed by atoms with Gasteiger partial charge in [-0.15, -0.1) is 11.3 Å². The number of rotatable bonds is 3. The van der Waals surface area contributed by atoms with E-state index in [2.05, 4.69) is 54.0 Å². The Morgan fingerprint density at radius 2 is 1.77 bits per heavy atom. The van der Waals surface area contributed by atoms with Gasteiger partial charge in [-0.05, 0) is 36.8 Å². The predicted molar refractivity (Wildman–Crippen MR) is 126 cm³/mol. The largest absolute Gasteiger partial charge is 0.341 e. The molecule has 2 aromatic carbocycles. The maximum atomic E-state index is 12.8. The number of hydrogen-bond acceptors (Lipinski definition) is 3. The fraction of sp³-hybridized carbons (Fsp3) is 0.280. The number of para-hydroxylation sites is 1. The third-order valence-electron chi connectivity index (χ3n) is 5.46. The molecule has 154 valence electrons. The van der Waals surface area contributed by atoms with E-state index >= 15 is 0 Å². The van der Waals surface area contributed by atoms with Crippen LogP contribution in [0.1, 0.15) is 33.3 Å². The maximum Gasteiger partial charge on any atom is 0.268 e. The minimum atomic E-state index is -0.470. The van der Waals surface area contributed by atoms with Crippen LogP contribution in [0.2, 0.25) is 0 Å². The zero-order chi connectivity index (χ0) is 21.6. The van der Waals surface area contributed by atoms with E-state index in [0.29, 0.717) is 9.20 Å². The van der Waals surface area contributed by atoms with Gasteiger partial charge in [0, 0.05) is 46.9 Å². The van der Waals surface area contributed by atoms with E-state index in [-0.39, 0.29) is 11.3 Å². The fourth-order valence-corrected chi connectivity index (χ4v) is 4.72. The summed E-state index contributed by atoms with van der Waals surface area (Å²) in [6.45, 7) is 8.70. The summed E-state index contributed by atoms with van der Waals surface area (Å²) in [6.07, 6.45) is 3.50. The molecule has 0 atom stereocenters. The molecule has 0 aliphatic rings. The molecular formula is C25H26N2O2S. The number of aryl methyl sites for hydroxylation is 1. The lowest BCUT2D eigenvalue weighted by Gasteiger charge is -2.12. The summed E-state index contributed by atoms with van der Waals surface area (Å²) in [5, 5.41) is 2.40. The summed E-state index contributed by atoms with van der Waals surface area (Å²) in [6, 6.07) is 14.7. The van der Waals surface area contributed by atoms with Crippen LogP contribution >= 0.6 is 11.3 Å². The Balaban J connectivity index is 1.90. The van der Waals surface area contributed by atoms with Crippen molar-refractivity contribution in [2.45, 2.75) is 34.2 Å². The molecule has 0 saturated heterocycles. The number of carbonyl (C=O) groups excluding carboxylic acids is 1. The summed E-state index contributed by atoms with van der Waals surface area (Å²) in [5.41, 5.74) is 2.84. The molecule has 0 saturated carbocycles. The Labute approximate surface area is 179 Å². The smallest absolute Gasteiger partial charge is 0.268 e. The fourth-order valence-electron chi connectivity index (χ4n) is 3.69. The molecule has 0 spiro atoms. The minimum absolute atomic E-state index is 0.0136. The van der Waals surface area contributed by atoms with Gasteiger partial charge in [-0.1, -0.05) is 45.0 Å². The molecule has 30 heavy (non-hydrogen) atoms. The predicted octanol–water partition coefficient (Wildman–Crippen LogP) is 3.80. The molecule has 0 N–H and O–H groups in total. The van der Waals surface area contributed by atoms with Gasteiger partial charge in [-0.3, -0.25) is 9.59 Å². The summed E-state index contributed by atoms with van der Waals surface area (Å²) in [7, 11) is 1.72. The standard InChI is InChI=1S/C25H26N2O2S/c1-6-27-19-10-8-7-9-17(19)18-13-16(11-12-20(18)27)14-21-24(29)26(5)23(30-21)15-22(28)25(2,3)4/h7-15H,6H2,1-5H3/b21-14-,23-15-. The lowest BCUT2D eigenvalue weighted by atomic mass is 9.91. The van der Waals surface area contributed by atoms with E-state index in [1.165, 1.54) is 33.1 Å². The van der Waals surface area contributed by atoms with Crippen LogP contribution in [0.5, 0.6) is 0 Å². The van der Waals surface area contributed by atoms with Gasteiger partial charge in [0.05, 0.1) is 4.53 Å². The summed E-state index contributed by atoms with van der Waals surface area (Å²) < 4.78 is 5.17. The Morgan fingerprint density at radius 1 is 1.07 bits per heavy atom. The van der Waals surface area contributed by atoms with Crippen molar-refractivity contribution in [1.82, 2.24) is 9.13 Å². The van der Waals surface area contributed by atoms with Gasteiger partial charge in [0.2, 0.25) is 0 Å². The number of aromatic nitrogens is 2. The Kier molecular flexibility index (Phi) is 5.02. The van der Waals surface area contributed by atoms with Crippen molar-refractivity contribution in [3.8, 4) is 0 Å². The van der Waals surface area contributed by atoms with Crippen LogP contribution in [0.15, 0.2) is 47.3 Å². The zero-order valence-corrected chi connectivity index (χ0v) is 18.8. The molecular weight excluding hydrogens is 392 g/mol. The topological polar surface area (TPSA) is 44.0 Å². The van der Waals surface area contributed by atoms with Gasteiger partial charge in [-0.2, -0.15) is 0 Å². The van der Waals surface area contributed by atoms with Crippen molar-refractivity contribution in [2.75, 3.05) is 0 Å². The summed E-state index contributed by atoms with van der Waals surface area (Å²) in [4.78, 5) is 25.1. The number of nitrogens with zero attached hydrogens (tertiary/aromatic N) is 2. The van der Waals surface area contributed by atoms with E-state index in [0.717, 1.165) is 12.1 Å². The molecule has 0 fully saturated rings. The van der Waals surface area contributed by atoms with Crippen LogP contribution in [-0.4, -0.2) is 14.9 Å². The first-order chi connectivity index (χ1) is 14.2. The van der Waals surface area contributed by atoms with Crippen molar-refractivity contribution in [1.29, 1.82) is 0 Å². The molecule has 4 nitrogen and oxygen atoms in total. The quantitative estimate of drug-likeness (QED) is 0.508. The van der Waals surface area contributed by atoms with E-state index in [9.17, 15) is 9.59 Å². The normalized spacial score (nSPS) is 13.6. The third-order valence-corrected chi connectivity index (χ3v) is 6.58. The average Bonchev–Trinajstić information content (AvgIpc) is 3.16. The molecule has 0 unspecified atom stereocenters. The van der Waals surface area contributed by atoms with Crippen LogP contribution < -0.4 is 14.8 Å². The molecule has 4 aromatic rings. The van der Waals surface area contributed by atoms with E-state index in [4.69, 9.17) is 0 Å². The molecule has 4 rings (SSSR count). The first-order valence-electron chi connectivity index (χ1n) is 10.2. The van der Waals surface area contributed by atoms with Crippen molar-refractivity contribution in [3.05, 3.63) is 67.6 Å². The molecule has 0 aliphatic carbocycles. The highest BCUT2D eigenvalue weighted by Crippen LogP contribution is 2.29. The summed E-state index contributed by atoms with van der Waals surface area (Å²) in [5.74, 6) is 0.0136. The molecule has 0 aliphatic heterocycles. The maximum absolute atomic E-state index is 12.8.